The highest BCUT2D eigenvalue weighted by atomic mass is 16.5. The van der Waals surface area contributed by atoms with Crippen molar-refractivity contribution in [2.75, 3.05) is 32.8 Å². The standard InChI is InChI=1S/C23H33N3O3/c1-16(2)25-11-7-19(8-12-25)29-20-3-4-21-18(13-20)14-22(24-21)23(28)26-9-5-17(15-27)6-10-26/h3-4,13-14,16-17,19,24,27H,5-12,15H2,1-2H3. The van der Waals surface area contributed by atoms with Crippen molar-refractivity contribution in [1.82, 2.24) is 14.8 Å². The topological polar surface area (TPSA) is 68.8 Å². The number of carbonyl (C=O) groups excluding carboxylic acids is 1. The van der Waals surface area contributed by atoms with Crippen molar-refractivity contribution >= 4 is 16.8 Å². The largest absolute Gasteiger partial charge is 0.490 e. The maximum Gasteiger partial charge on any atom is 0.270 e. The molecule has 1 aromatic heterocycles. The van der Waals surface area contributed by atoms with Crippen LogP contribution in [0.1, 0.15) is 50.0 Å². The molecule has 4 rings (SSSR count). The molecule has 0 aliphatic carbocycles. The molecule has 0 radical (unpaired) electrons. The Balaban J connectivity index is 1.40. The van der Waals surface area contributed by atoms with Gasteiger partial charge >= 0.3 is 0 Å². The molecule has 1 aromatic carbocycles. The minimum absolute atomic E-state index is 0.0427. The highest BCUT2D eigenvalue weighted by Gasteiger charge is 2.25. The zero-order valence-corrected chi connectivity index (χ0v) is 17.6. The van der Waals surface area contributed by atoms with Crippen LogP contribution in [-0.4, -0.2) is 70.7 Å². The van der Waals surface area contributed by atoms with Crippen LogP contribution >= 0.6 is 0 Å². The number of aliphatic hydroxyl groups is 1. The fourth-order valence-corrected chi connectivity index (χ4v) is 4.49. The molecule has 2 saturated heterocycles. The van der Waals surface area contributed by atoms with E-state index in [-0.39, 0.29) is 18.6 Å². The Labute approximate surface area is 172 Å². The normalized spacial score (nSPS) is 19.9. The van der Waals surface area contributed by atoms with Crippen LogP contribution < -0.4 is 4.74 Å². The van der Waals surface area contributed by atoms with Crippen molar-refractivity contribution < 1.29 is 14.6 Å². The number of nitrogens with one attached hydrogen (secondary N) is 1. The molecule has 6 heteroatoms. The molecule has 2 N–H and O–H groups in total. The Hall–Kier alpha value is -2.05. The van der Waals surface area contributed by atoms with Crippen LogP contribution in [-0.2, 0) is 0 Å². The molecule has 158 valence electrons. The quantitative estimate of drug-likeness (QED) is 0.810. The summed E-state index contributed by atoms with van der Waals surface area (Å²) in [7, 11) is 0. The van der Waals surface area contributed by atoms with E-state index in [4.69, 9.17) is 4.74 Å². The Morgan fingerprint density at radius 2 is 1.86 bits per heavy atom. The van der Waals surface area contributed by atoms with Crippen molar-refractivity contribution in [3.05, 3.63) is 30.0 Å². The third-order valence-corrected chi connectivity index (χ3v) is 6.49. The summed E-state index contributed by atoms with van der Waals surface area (Å²) in [4.78, 5) is 20.5. The lowest BCUT2D eigenvalue weighted by molar-refractivity contribution is 0.0646. The number of piperidine rings is 2. The molecule has 2 aliphatic heterocycles. The number of hydrogen-bond donors (Lipinski definition) is 2. The maximum absolute atomic E-state index is 12.8. The first-order chi connectivity index (χ1) is 14.0. The summed E-state index contributed by atoms with van der Waals surface area (Å²) in [5, 5.41) is 10.3. The maximum atomic E-state index is 12.8. The van der Waals surface area contributed by atoms with Crippen LogP contribution in [0.25, 0.3) is 10.9 Å². The molecule has 6 nitrogen and oxygen atoms in total. The summed E-state index contributed by atoms with van der Waals surface area (Å²) >= 11 is 0. The summed E-state index contributed by atoms with van der Waals surface area (Å²) in [6.45, 7) is 8.30. The molecule has 0 saturated carbocycles. The Bertz CT molecular complexity index is 831. The number of carbonyl (C=O) groups is 1. The third-order valence-electron chi connectivity index (χ3n) is 6.49. The number of aromatic nitrogens is 1. The summed E-state index contributed by atoms with van der Waals surface area (Å²) in [5.41, 5.74) is 1.59. The number of likely N-dealkylation sites (tertiary alicyclic amines) is 2. The van der Waals surface area contributed by atoms with E-state index >= 15 is 0 Å². The van der Waals surface area contributed by atoms with Crippen LogP contribution in [0.4, 0.5) is 0 Å². The molecule has 2 aromatic rings. The van der Waals surface area contributed by atoms with Crippen LogP contribution in [0.3, 0.4) is 0 Å². The van der Waals surface area contributed by atoms with Gasteiger partial charge in [-0.25, -0.2) is 0 Å². The second-order valence-corrected chi connectivity index (χ2v) is 8.80. The fraction of sp³-hybridized carbons (Fsp3) is 0.609. The molecule has 2 aliphatic rings. The van der Waals surface area contributed by atoms with E-state index in [1.54, 1.807) is 0 Å². The zero-order valence-electron chi connectivity index (χ0n) is 17.6. The summed E-state index contributed by atoms with van der Waals surface area (Å²) in [6, 6.07) is 8.56. The number of H-pyrrole nitrogens is 1. The van der Waals surface area contributed by atoms with Gasteiger partial charge in [-0.1, -0.05) is 0 Å². The molecule has 3 heterocycles. The zero-order chi connectivity index (χ0) is 20.4. The average molecular weight is 400 g/mol. The predicted molar refractivity (Wildman–Crippen MR) is 114 cm³/mol. The van der Waals surface area contributed by atoms with Crippen LogP contribution in [0.2, 0.25) is 0 Å². The van der Waals surface area contributed by atoms with E-state index in [1.807, 2.05) is 29.2 Å². The van der Waals surface area contributed by atoms with Gasteiger partial charge in [-0.3, -0.25) is 4.79 Å². The first-order valence-corrected chi connectivity index (χ1v) is 11.0. The number of fused-ring (bicyclic) bond motifs is 1. The Morgan fingerprint density at radius 3 is 2.52 bits per heavy atom. The fourth-order valence-electron chi connectivity index (χ4n) is 4.49. The molecule has 0 bridgehead atoms. The van der Waals surface area contributed by atoms with Crippen molar-refractivity contribution in [2.45, 2.75) is 51.7 Å². The molecule has 0 unspecified atom stereocenters. The minimum Gasteiger partial charge on any atom is -0.490 e. The molecule has 1 amide bonds. The van der Waals surface area contributed by atoms with Gasteiger partial charge in [0.15, 0.2) is 0 Å². The van der Waals surface area contributed by atoms with E-state index in [1.165, 1.54) is 0 Å². The molecule has 2 fully saturated rings. The van der Waals surface area contributed by atoms with Crippen LogP contribution in [0.15, 0.2) is 24.3 Å². The van der Waals surface area contributed by atoms with Gasteiger partial charge < -0.3 is 24.6 Å². The van der Waals surface area contributed by atoms with E-state index in [0.29, 0.717) is 30.7 Å². The monoisotopic (exact) mass is 399 g/mol. The smallest absolute Gasteiger partial charge is 0.270 e. The van der Waals surface area contributed by atoms with Gasteiger partial charge in [0.1, 0.15) is 17.5 Å². The number of hydrogen-bond acceptors (Lipinski definition) is 4. The molecule has 0 atom stereocenters. The SMILES string of the molecule is CC(C)N1CCC(Oc2ccc3[nH]c(C(=O)N4CCC(CO)CC4)cc3c2)CC1. The molecular formula is C23H33N3O3. The van der Waals surface area contributed by atoms with Gasteiger partial charge in [0.25, 0.3) is 5.91 Å². The molecular weight excluding hydrogens is 366 g/mol. The highest BCUT2D eigenvalue weighted by Crippen LogP contribution is 2.26. The van der Waals surface area contributed by atoms with Gasteiger partial charge in [0.2, 0.25) is 0 Å². The van der Waals surface area contributed by atoms with E-state index in [0.717, 1.165) is 55.4 Å². The number of amides is 1. The van der Waals surface area contributed by atoms with E-state index in [2.05, 4.69) is 23.7 Å². The Morgan fingerprint density at radius 1 is 1.14 bits per heavy atom. The van der Waals surface area contributed by atoms with Crippen molar-refractivity contribution in [2.24, 2.45) is 5.92 Å². The predicted octanol–water partition coefficient (Wildman–Crippen LogP) is 3.26. The van der Waals surface area contributed by atoms with Gasteiger partial charge in [0.05, 0.1) is 0 Å². The van der Waals surface area contributed by atoms with Crippen LogP contribution in [0, 0.1) is 5.92 Å². The molecule has 29 heavy (non-hydrogen) atoms. The first kappa shape index (κ1) is 20.2. The lowest BCUT2D eigenvalue weighted by Gasteiger charge is -2.34. The number of aromatic amines is 1. The third kappa shape index (κ3) is 4.59. The van der Waals surface area contributed by atoms with Gasteiger partial charge in [0, 0.05) is 49.7 Å². The summed E-state index contributed by atoms with van der Waals surface area (Å²) in [6.07, 6.45) is 4.11. The first-order valence-electron chi connectivity index (χ1n) is 11.0. The second kappa shape index (κ2) is 8.76. The summed E-state index contributed by atoms with van der Waals surface area (Å²) < 4.78 is 6.24. The number of benzene rings is 1. The van der Waals surface area contributed by atoms with Gasteiger partial charge in [-0.05, 0) is 69.7 Å². The Kier molecular flexibility index (Phi) is 6.11. The summed E-state index contributed by atoms with van der Waals surface area (Å²) in [5.74, 6) is 1.25. The number of aliphatic hydroxyl groups excluding tert-OH is 1. The highest BCUT2D eigenvalue weighted by molar-refractivity contribution is 5.98. The van der Waals surface area contributed by atoms with Crippen molar-refractivity contribution in [3.8, 4) is 5.75 Å². The lowest BCUT2D eigenvalue weighted by atomic mass is 9.98. The number of ether oxygens (including phenoxy) is 1. The van der Waals surface area contributed by atoms with Crippen molar-refractivity contribution in [1.29, 1.82) is 0 Å². The van der Waals surface area contributed by atoms with Gasteiger partial charge in [-0.15, -0.1) is 0 Å². The minimum atomic E-state index is 0.0427. The second-order valence-electron chi connectivity index (χ2n) is 8.80. The molecule has 0 spiro atoms. The van der Waals surface area contributed by atoms with Crippen LogP contribution in [0.5, 0.6) is 5.75 Å². The van der Waals surface area contributed by atoms with Crippen molar-refractivity contribution in [3.63, 3.8) is 0 Å². The lowest BCUT2D eigenvalue weighted by Crippen LogP contribution is -2.41. The number of nitrogens with zero attached hydrogens (tertiary/aromatic N) is 2. The van der Waals surface area contributed by atoms with E-state index in [9.17, 15) is 9.90 Å². The average Bonchev–Trinajstić information content (AvgIpc) is 3.17. The van der Waals surface area contributed by atoms with Gasteiger partial charge in [-0.2, -0.15) is 0 Å². The van der Waals surface area contributed by atoms with E-state index < -0.39 is 0 Å². The number of rotatable bonds is 5.